The van der Waals surface area contributed by atoms with E-state index >= 15 is 0 Å². The van der Waals surface area contributed by atoms with Gasteiger partial charge in [-0.2, -0.15) is 0 Å². The second-order valence-electron chi connectivity index (χ2n) is 5.19. The Balaban J connectivity index is 2.56. The quantitative estimate of drug-likeness (QED) is 0.350. The Bertz CT molecular complexity index is 739. The summed E-state index contributed by atoms with van der Waals surface area (Å²) in [5.41, 5.74) is 1.06. The van der Waals surface area contributed by atoms with Crippen LogP contribution in [0.15, 0.2) is 72.3 Å². The van der Waals surface area contributed by atoms with E-state index in [1.54, 1.807) is 48.5 Å². The zero-order valence-electron chi connectivity index (χ0n) is 14.0. The van der Waals surface area contributed by atoms with Gasteiger partial charge in [-0.3, -0.25) is 4.79 Å². The molecule has 0 unspecified atom stereocenters. The first-order chi connectivity index (χ1) is 12.1. The summed E-state index contributed by atoms with van der Waals surface area (Å²) in [4.78, 5) is 36.8. The zero-order chi connectivity index (χ0) is 18.2. The van der Waals surface area contributed by atoms with Gasteiger partial charge in [-0.1, -0.05) is 60.7 Å². The van der Waals surface area contributed by atoms with Crippen molar-refractivity contribution in [2.75, 3.05) is 14.2 Å². The van der Waals surface area contributed by atoms with Gasteiger partial charge in [0.1, 0.15) is 5.57 Å². The van der Waals surface area contributed by atoms with Gasteiger partial charge in [0.05, 0.1) is 20.1 Å². The van der Waals surface area contributed by atoms with Crippen molar-refractivity contribution in [1.82, 2.24) is 0 Å². The summed E-state index contributed by atoms with van der Waals surface area (Å²) in [5.74, 6) is -2.95. The fourth-order valence-corrected chi connectivity index (χ4v) is 2.46. The minimum absolute atomic E-state index is 0.355. The number of ketones is 1. The van der Waals surface area contributed by atoms with E-state index in [0.717, 1.165) is 13.2 Å². The van der Waals surface area contributed by atoms with E-state index in [9.17, 15) is 14.4 Å². The molecule has 0 radical (unpaired) electrons. The number of carbonyl (C=O) groups is 3. The number of carbonyl (C=O) groups excluding carboxylic acids is 3. The average Bonchev–Trinajstić information content (AvgIpc) is 2.67. The molecule has 0 bridgehead atoms. The topological polar surface area (TPSA) is 69.7 Å². The van der Waals surface area contributed by atoms with E-state index in [1.165, 1.54) is 7.11 Å². The first-order valence-electron chi connectivity index (χ1n) is 7.60. The highest BCUT2D eigenvalue weighted by molar-refractivity contribution is 6.22. The number of rotatable bonds is 6. The van der Waals surface area contributed by atoms with E-state index in [2.05, 4.69) is 9.47 Å². The predicted molar refractivity (Wildman–Crippen MR) is 91.8 cm³/mol. The van der Waals surface area contributed by atoms with Crippen LogP contribution in [-0.4, -0.2) is 31.9 Å². The molecule has 0 N–H and O–H groups in total. The van der Waals surface area contributed by atoms with Crippen molar-refractivity contribution >= 4 is 17.7 Å². The summed E-state index contributed by atoms with van der Waals surface area (Å²) in [6.07, 6.45) is 0.868. The fourth-order valence-electron chi connectivity index (χ4n) is 2.46. The summed E-state index contributed by atoms with van der Waals surface area (Å²) < 4.78 is 9.21. The molecule has 0 saturated carbocycles. The van der Waals surface area contributed by atoms with Crippen LogP contribution in [-0.2, 0) is 23.9 Å². The number of methoxy groups -OCH3 is 2. The molecule has 2 rings (SSSR count). The summed E-state index contributed by atoms with van der Waals surface area (Å²) >= 11 is 0. The number of hydrogen-bond acceptors (Lipinski definition) is 5. The number of ether oxygens (including phenoxy) is 2. The second-order valence-corrected chi connectivity index (χ2v) is 5.19. The molecule has 128 valence electrons. The van der Waals surface area contributed by atoms with Crippen LogP contribution < -0.4 is 0 Å². The SMILES string of the molecule is COC(=O)/C=C(/C(=O)OC)C(=O)C(c1ccccc1)c1ccccc1. The monoisotopic (exact) mass is 338 g/mol. The number of hydrogen-bond donors (Lipinski definition) is 0. The van der Waals surface area contributed by atoms with E-state index < -0.39 is 23.6 Å². The molecule has 0 heterocycles. The van der Waals surface area contributed by atoms with Crippen molar-refractivity contribution in [2.45, 2.75) is 5.92 Å². The third-order valence-electron chi connectivity index (χ3n) is 3.66. The Hall–Kier alpha value is -3.21. The van der Waals surface area contributed by atoms with Crippen LogP contribution in [0.4, 0.5) is 0 Å². The molecule has 0 aromatic heterocycles. The number of Topliss-reactive ketones (excluding diaryl/α,β-unsaturated/α-hetero) is 1. The minimum Gasteiger partial charge on any atom is -0.466 e. The summed E-state index contributed by atoms with van der Waals surface area (Å²) in [5, 5.41) is 0. The van der Waals surface area contributed by atoms with E-state index in [1.807, 2.05) is 12.1 Å². The highest BCUT2D eigenvalue weighted by Gasteiger charge is 2.30. The van der Waals surface area contributed by atoms with Gasteiger partial charge in [0.2, 0.25) is 0 Å². The highest BCUT2D eigenvalue weighted by atomic mass is 16.5. The first-order valence-corrected chi connectivity index (χ1v) is 7.60. The van der Waals surface area contributed by atoms with Crippen molar-refractivity contribution in [1.29, 1.82) is 0 Å². The molecule has 25 heavy (non-hydrogen) atoms. The van der Waals surface area contributed by atoms with Gasteiger partial charge in [-0.15, -0.1) is 0 Å². The molecule has 0 aliphatic rings. The van der Waals surface area contributed by atoms with E-state index in [0.29, 0.717) is 11.1 Å². The summed E-state index contributed by atoms with van der Waals surface area (Å²) in [7, 11) is 2.32. The zero-order valence-corrected chi connectivity index (χ0v) is 14.0. The predicted octanol–water partition coefficient (Wildman–Crippen LogP) is 2.66. The van der Waals surface area contributed by atoms with Gasteiger partial charge in [0.15, 0.2) is 5.78 Å². The molecule has 0 amide bonds. The lowest BCUT2D eigenvalue weighted by molar-refractivity contribution is -0.140. The lowest BCUT2D eigenvalue weighted by Crippen LogP contribution is -2.23. The van der Waals surface area contributed by atoms with Crippen LogP contribution in [0, 0.1) is 0 Å². The van der Waals surface area contributed by atoms with Gasteiger partial charge in [-0.05, 0) is 11.1 Å². The van der Waals surface area contributed by atoms with Gasteiger partial charge >= 0.3 is 11.9 Å². The third-order valence-corrected chi connectivity index (χ3v) is 3.66. The highest BCUT2D eigenvalue weighted by Crippen LogP contribution is 2.28. The minimum atomic E-state index is -0.882. The molecule has 0 fully saturated rings. The van der Waals surface area contributed by atoms with Crippen molar-refractivity contribution in [3.05, 3.63) is 83.4 Å². The molecule has 0 spiro atoms. The Kier molecular flexibility index (Phi) is 6.23. The Morgan fingerprint density at radius 2 is 1.28 bits per heavy atom. The lowest BCUT2D eigenvalue weighted by Gasteiger charge is -2.18. The molecular formula is C20H18O5. The largest absolute Gasteiger partial charge is 0.466 e. The van der Waals surface area contributed by atoms with Crippen molar-refractivity contribution in [2.24, 2.45) is 0 Å². The second kappa shape index (κ2) is 8.59. The normalized spacial score (nSPS) is 11.1. The van der Waals surface area contributed by atoms with E-state index in [4.69, 9.17) is 0 Å². The molecule has 0 saturated heterocycles. The Morgan fingerprint density at radius 3 is 1.68 bits per heavy atom. The average molecular weight is 338 g/mol. The van der Waals surface area contributed by atoms with Crippen LogP contribution in [0.2, 0.25) is 0 Å². The van der Waals surface area contributed by atoms with Crippen molar-refractivity contribution < 1.29 is 23.9 Å². The van der Waals surface area contributed by atoms with Crippen molar-refractivity contribution in [3.63, 3.8) is 0 Å². The smallest absolute Gasteiger partial charge is 0.341 e. The van der Waals surface area contributed by atoms with Crippen LogP contribution in [0.1, 0.15) is 17.0 Å². The molecule has 5 nitrogen and oxygen atoms in total. The molecule has 0 aliphatic carbocycles. The lowest BCUT2D eigenvalue weighted by atomic mass is 9.84. The standard InChI is InChI=1S/C20H18O5/c1-24-17(21)13-16(20(23)25-2)19(22)18(14-9-5-3-6-10-14)15-11-7-4-8-12-15/h3-13,18H,1-2H3/b16-13+. The van der Waals surface area contributed by atoms with Crippen LogP contribution in [0.5, 0.6) is 0 Å². The van der Waals surface area contributed by atoms with Crippen LogP contribution >= 0.6 is 0 Å². The molecule has 2 aromatic rings. The van der Waals surface area contributed by atoms with Gasteiger partial charge < -0.3 is 9.47 Å². The van der Waals surface area contributed by atoms with Crippen molar-refractivity contribution in [3.8, 4) is 0 Å². The number of benzene rings is 2. The van der Waals surface area contributed by atoms with E-state index in [-0.39, 0.29) is 5.57 Å². The Morgan fingerprint density at radius 1 is 0.800 bits per heavy atom. The summed E-state index contributed by atoms with van der Waals surface area (Å²) in [6, 6.07) is 18.1. The molecule has 5 heteroatoms. The van der Waals surface area contributed by atoms with Crippen LogP contribution in [0.3, 0.4) is 0 Å². The molecule has 0 aliphatic heterocycles. The molecule has 0 atom stereocenters. The maximum atomic E-state index is 13.1. The van der Waals surface area contributed by atoms with Gasteiger partial charge in [0.25, 0.3) is 0 Å². The fraction of sp³-hybridized carbons (Fsp3) is 0.150. The van der Waals surface area contributed by atoms with Gasteiger partial charge in [-0.25, -0.2) is 9.59 Å². The maximum absolute atomic E-state index is 13.1. The van der Waals surface area contributed by atoms with Crippen LogP contribution in [0.25, 0.3) is 0 Å². The summed E-state index contributed by atoms with van der Waals surface area (Å²) in [6.45, 7) is 0. The van der Waals surface area contributed by atoms with Gasteiger partial charge in [0, 0.05) is 6.08 Å². The molecular weight excluding hydrogens is 320 g/mol. The Labute approximate surface area is 145 Å². The third kappa shape index (κ3) is 4.41. The molecule has 2 aromatic carbocycles. The first kappa shape index (κ1) is 18.1. The maximum Gasteiger partial charge on any atom is 0.341 e. The number of esters is 2.